The Kier molecular flexibility index (Phi) is 8.06. The fourth-order valence-corrected chi connectivity index (χ4v) is 4.10. The molecule has 7 nitrogen and oxygen atoms in total. The SMILES string of the molecule is CCOc1ccccc1CNC(=O)CSc1nnc(C(=O)Nc2ccc(Cl)cc2)s1. The number of carbonyl (C=O) groups excluding carboxylic acids is 2. The number of anilines is 1. The molecule has 156 valence electrons. The Morgan fingerprint density at radius 2 is 1.90 bits per heavy atom. The summed E-state index contributed by atoms with van der Waals surface area (Å²) in [5.41, 5.74) is 1.52. The number of benzene rings is 2. The molecule has 0 bridgehead atoms. The van der Waals surface area contributed by atoms with Gasteiger partial charge in [0, 0.05) is 22.8 Å². The lowest BCUT2D eigenvalue weighted by Crippen LogP contribution is -2.24. The molecule has 1 aromatic heterocycles. The number of thioether (sulfide) groups is 1. The van der Waals surface area contributed by atoms with Gasteiger partial charge in [-0.1, -0.05) is 52.9 Å². The Balaban J connectivity index is 1.47. The molecule has 1 heterocycles. The molecule has 0 unspecified atom stereocenters. The van der Waals surface area contributed by atoms with Crippen LogP contribution >= 0.6 is 34.7 Å². The standard InChI is InChI=1S/C20H19ClN4O3S2/c1-2-28-16-6-4-3-5-13(16)11-22-17(26)12-29-20-25-24-19(30-20)18(27)23-15-9-7-14(21)8-10-15/h3-10H,2,11-12H2,1H3,(H,22,26)(H,23,27). The summed E-state index contributed by atoms with van der Waals surface area (Å²) in [6.07, 6.45) is 0. The summed E-state index contributed by atoms with van der Waals surface area (Å²) in [5, 5.41) is 14.3. The number of nitrogens with zero attached hydrogens (tertiary/aromatic N) is 2. The highest BCUT2D eigenvalue weighted by Gasteiger charge is 2.15. The molecule has 0 spiro atoms. The Morgan fingerprint density at radius 1 is 1.13 bits per heavy atom. The average molecular weight is 463 g/mol. The number of rotatable bonds is 9. The van der Waals surface area contributed by atoms with Gasteiger partial charge in [-0.15, -0.1) is 10.2 Å². The fourth-order valence-electron chi connectivity index (χ4n) is 2.40. The molecule has 2 aromatic carbocycles. The second-order valence-corrected chi connectivity index (χ2v) is 8.58. The Morgan fingerprint density at radius 3 is 2.67 bits per heavy atom. The molecule has 0 aliphatic rings. The molecule has 0 fully saturated rings. The van der Waals surface area contributed by atoms with Crippen LogP contribution in [0.15, 0.2) is 52.9 Å². The highest BCUT2D eigenvalue weighted by Crippen LogP contribution is 2.23. The maximum Gasteiger partial charge on any atom is 0.286 e. The van der Waals surface area contributed by atoms with E-state index in [1.165, 1.54) is 11.8 Å². The topological polar surface area (TPSA) is 93.2 Å². The minimum atomic E-state index is -0.362. The van der Waals surface area contributed by atoms with Gasteiger partial charge >= 0.3 is 0 Å². The summed E-state index contributed by atoms with van der Waals surface area (Å²) >= 11 is 8.19. The van der Waals surface area contributed by atoms with Gasteiger partial charge in [0.05, 0.1) is 12.4 Å². The van der Waals surface area contributed by atoms with Crippen LogP contribution in [0.5, 0.6) is 5.75 Å². The predicted molar refractivity (Wildman–Crippen MR) is 119 cm³/mol. The van der Waals surface area contributed by atoms with E-state index in [9.17, 15) is 9.59 Å². The minimum absolute atomic E-state index is 0.145. The summed E-state index contributed by atoms with van der Waals surface area (Å²) in [6, 6.07) is 14.3. The third-order valence-corrected chi connectivity index (χ3v) is 6.09. The van der Waals surface area contributed by atoms with Gasteiger partial charge in [0.2, 0.25) is 10.9 Å². The smallest absolute Gasteiger partial charge is 0.286 e. The first kappa shape index (κ1) is 22.1. The van der Waals surface area contributed by atoms with E-state index >= 15 is 0 Å². The number of ether oxygens (including phenoxy) is 1. The first-order chi connectivity index (χ1) is 14.5. The van der Waals surface area contributed by atoms with E-state index in [-0.39, 0.29) is 22.6 Å². The van der Waals surface area contributed by atoms with E-state index < -0.39 is 0 Å². The Labute approximate surface area is 187 Å². The number of nitrogens with one attached hydrogen (secondary N) is 2. The van der Waals surface area contributed by atoms with Gasteiger partial charge in [-0.3, -0.25) is 9.59 Å². The number of amides is 2. The molecule has 3 aromatic rings. The van der Waals surface area contributed by atoms with Gasteiger partial charge in [0.25, 0.3) is 5.91 Å². The molecule has 0 aliphatic heterocycles. The number of para-hydroxylation sites is 1. The van der Waals surface area contributed by atoms with Crippen LogP contribution in [0.3, 0.4) is 0 Å². The van der Waals surface area contributed by atoms with E-state index in [1.54, 1.807) is 24.3 Å². The van der Waals surface area contributed by atoms with Crippen molar-refractivity contribution in [3.8, 4) is 5.75 Å². The van der Waals surface area contributed by atoms with Crippen molar-refractivity contribution in [3.63, 3.8) is 0 Å². The molecule has 0 radical (unpaired) electrons. The summed E-state index contributed by atoms with van der Waals surface area (Å²) in [7, 11) is 0. The molecule has 0 saturated heterocycles. The summed E-state index contributed by atoms with van der Waals surface area (Å²) < 4.78 is 6.10. The monoisotopic (exact) mass is 462 g/mol. The summed E-state index contributed by atoms with van der Waals surface area (Å²) in [4.78, 5) is 24.4. The summed E-state index contributed by atoms with van der Waals surface area (Å²) in [6.45, 7) is 2.85. The lowest BCUT2D eigenvalue weighted by Gasteiger charge is -2.10. The zero-order chi connectivity index (χ0) is 21.3. The first-order valence-corrected chi connectivity index (χ1v) is 11.2. The highest BCUT2D eigenvalue weighted by molar-refractivity contribution is 8.01. The zero-order valence-electron chi connectivity index (χ0n) is 16.1. The van der Waals surface area contributed by atoms with Gasteiger partial charge in [0.15, 0.2) is 4.34 Å². The Bertz CT molecular complexity index is 1010. The molecule has 0 saturated carbocycles. The van der Waals surface area contributed by atoms with Crippen molar-refractivity contribution in [3.05, 3.63) is 64.1 Å². The third-order valence-electron chi connectivity index (χ3n) is 3.78. The van der Waals surface area contributed by atoms with Crippen molar-refractivity contribution in [1.29, 1.82) is 0 Å². The number of carbonyl (C=O) groups is 2. The van der Waals surface area contributed by atoms with Gasteiger partial charge in [-0.2, -0.15) is 0 Å². The maximum absolute atomic E-state index is 12.3. The molecular weight excluding hydrogens is 444 g/mol. The molecular formula is C20H19ClN4O3S2. The lowest BCUT2D eigenvalue weighted by molar-refractivity contribution is -0.118. The van der Waals surface area contributed by atoms with Crippen molar-refractivity contribution < 1.29 is 14.3 Å². The minimum Gasteiger partial charge on any atom is -0.494 e. The number of halogens is 1. The molecule has 2 N–H and O–H groups in total. The van der Waals surface area contributed by atoms with Crippen LogP contribution in [0, 0.1) is 0 Å². The highest BCUT2D eigenvalue weighted by atomic mass is 35.5. The average Bonchev–Trinajstić information content (AvgIpc) is 3.23. The van der Waals surface area contributed by atoms with Crippen LogP contribution in [0.2, 0.25) is 5.02 Å². The normalized spacial score (nSPS) is 10.5. The second-order valence-electron chi connectivity index (χ2n) is 5.94. The largest absolute Gasteiger partial charge is 0.494 e. The first-order valence-electron chi connectivity index (χ1n) is 9.05. The van der Waals surface area contributed by atoms with Gasteiger partial charge in [-0.05, 0) is 37.3 Å². The molecule has 0 aliphatic carbocycles. The van der Waals surface area contributed by atoms with Crippen LogP contribution in [0.25, 0.3) is 0 Å². The van der Waals surface area contributed by atoms with Crippen LogP contribution in [0.1, 0.15) is 22.3 Å². The van der Waals surface area contributed by atoms with E-state index in [4.69, 9.17) is 16.3 Å². The Hall–Kier alpha value is -2.62. The molecule has 10 heteroatoms. The van der Waals surface area contributed by atoms with Gasteiger partial charge in [0.1, 0.15) is 5.75 Å². The van der Waals surface area contributed by atoms with E-state index in [0.717, 1.165) is 22.6 Å². The number of aromatic nitrogens is 2. The number of hydrogen-bond donors (Lipinski definition) is 2. The quantitative estimate of drug-likeness (QED) is 0.462. The molecule has 30 heavy (non-hydrogen) atoms. The number of hydrogen-bond acceptors (Lipinski definition) is 7. The third kappa shape index (κ3) is 6.45. The lowest BCUT2D eigenvalue weighted by atomic mass is 10.2. The maximum atomic E-state index is 12.3. The molecule has 0 atom stereocenters. The van der Waals surface area contributed by atoms with E-state index in [0.29, 0.717) is 28.2 Å². The molecule has 2 amide bonds. The van der Waals surface area contributed by atoms with E-state index in [2.05, 4.69) is 20.8 Å². The van der Waals surface area contributed by atoms with Crippen molar-refractivity contribution >= 4 is 52.2 Å². The fraction of sp³-hybridized carbons (Fsp3) is 0.200. The van der Waals surface area contributed by atoms with Crippen molar-refractivity contribution in [2.45, 2.75) is 17.8 Å². The van der Waals surface area contributed by atoms with Crippen LogP contribution in [-0.4, -0.2) is 34.4 Å². The summed E-state index contributed by atoms with van der Waals surface area (Å²) in [5.74, 6) is 0.422. The van der Waals surface area contributed by atoms with Crippen LogP contribution in [0.4, 0.5) is 5.69 Å². The van der Waals surface area contributed by atoms with Gasteiger partial charge in [-0.25, -0.2) is 0 Å². The predicted octanol–water partition coefficient (Wildman–Crippen LogP) is 4.25. The van der Waals surface area contributed by atoms with Gasteiger partial charge < -0.3 is 15.4 Å². The van der Waals surface area contributed by atoms with E-state index in [1.807, 2.05) is 31.2 Å². The van der Waals surface area contributed by atoms with Crippen LogP contribution < -0.4 is 15.4 Å². The van der Waals surface area contributed by atoms with Crippen molar-refractivity contribution in [2.24, 2.45) is 0 Å². The molecule has 3 rings (SSSR count). The van der Waals surface area contributed by atoms with Crippen molar-refractivity contribution in [1.82, 2.24) is 15.5 Å². The van der Waals surface area contributed by atoms with Crippen LogP contribution in [-0.2, 0) is 11.3 Å². The second kappa shape index (κ2) is 11.0. The zero-order valence-corrected chi connectivity index (χ0v) is 18.4. The van der Waals surface area contributed by atoms with Crippen molar-refractivity contribution in [2.75, 3.05) is 17.7 Å².